The number of benzene rings is 2. The van der Waals surface area contributed by atoms with Crippen molar-refractivity contribution >= 4 is 16.9 Å². The van der Waals surface area contributed by atoms with Crippen LogP contribution in [0.15, 0.2) is 47.0 Å². The maximum atomic E-state index is 12.4. The Morgan fingerprint density at radius 2 is 1.84 bits per heavy atom. The first-order valence-electron chi connectivity index (χ1n) is 10.4. The van der Waals surface area contributed by atoms with Gasteiger partial charge in [0.05, 0.1) is 12.0 Å². The number of rotatable bonds is 7. The molecule has 1 aliphatic heterocycles. The Morgan fingerprint density at radius 3 is 2.50 bits per heavy atom. The van der Waals surface area contributed by atoms with Crippen molar-refractivity contribution in [2.75, 3.05) is 13.2 Å². The number of carbonyl (C=O) groups excluding carboxylic acids is 1. The highest BCUT2D eigenvalue weighted by atomic mass is 19.4. The van der Waals surface area contributed by atoms with Gasteiger partial charge in [0.25, 0.3) is 5.88 Å². The molecule has 4 rings (SSSR count). The molecule has 0 radical (unpaired) electrons. The highest BCUT2D eigenvalue weighted by Gasteiger charge is 2.31. The van der Waals surface area contributed by atoms with Crippen molar-refractivity contribution in [1.29, 1.82) is 0 Å². The van der Waals surface area contributed by atoms with E-state index in [-0.39, 0.29) is 23.6 Å². The largest absolute Gasteiger partial charge is 0.573 e. The molecule has 0 spiro atoms. The molecular formula is C23H23F3N2O4. The summed E-state index contributed by atoms with van der Waals surface area (Å²) in [5.74, 6) is 0.322. The molecule has 2 atom stereocenters. The van der Waals surface area contributed by atoms with Crippen molar-refractivity contribution in [3.05, 3.63) is 42.5 Å². The maximum Gasteiger partial charge on any atom is 0.573 e. The second-order valence-corrected chi connectivity index (χ2v) is 7.99. The quantitative estimate of drug-likeness (QED) is 0.483. The fraction of sp³-hybridized carbons (Fsp3) is 0.391. The summed E-state index contributed by atoms with van der Waals surface area (Å²) in [7, 11) is 0. The number of aromatic nitrogens is 1. The summed E-state index contributed by atoms with van der Waals surface area (Å²) in [5, 5.41) is 4.67. The van der Waals surface area contributed by atoms with Crippen LogP contribution < -0.4 is 9.47 Å². The lowest BCUT2D eigenvalue weighted by atomic mass is 10.0. The van der Waals surface area contributed by atoms with Crippen LogP contribution in [0.2, 0.25) is 0 Å². The summed E-state index contributed by atoms with van der Waals surface area (Å²) in [6.07, 6.45) is -3.25. The fourth-order valence-corrected chi connectivity index (χ4v) is 3.81. The van der Waals surface area contributed by atoms with E-state index < -0.39 is 6.36 Å². The SMILES string of the molecule is CC([C@H](C)COc1noc2ccc(-c3ccc(OC(F)(F)F)cc3)cc12)N1CCCC1=O. The molecular weight excluding hydrogens is 425 g/mol. The lowest BCUT2D eigenvalue weighted by molar-refractivity contribution is -0.274. The second-order valence-electron chi connectivity index (χ2n) is 7.99. The Hall–Kier alpha value is -3.23. The molecule has 0 N–H and O–H groups in total. The molecule has 170 valence electrons. The highest BCUT2D eigenvalue weighted by Crippen LogP contribution is 2.32. The molecule has 1 amide bonds. The van der Waals surface area contributed by atoms with Crippen LogP contribution in [0, 0.1) is 5.92 Å². The van der Waals surface area contributed by atoms with Gasteiger partial charge >= 0.3 is 6.36 Å². The lowest BCUT2D eigenvalue weighted by Crippen LogP contribution is -2.40. The molecule has 9 heteroatoms. The zero-order chi connectivity index (χ0) is 22.9. The van der Waals surface area contributed by atoms with Gasteiger partial charge in [-0.2, -0.15) is 0 Å². The molecule has 2 aromatic carbocycles. The molecule has 1 saturated heterocycles. The van der Waals surface area contributed by atoms with Crippen molar-refractivity contribution in [3.8, 4) is 22.8 Å². The van der Waals surface area contributed by atoms with Gasteiger partial charge < -0.3 is 18.9 Å². The van der Waals surface area contributed by atoms with E-state index in [0.29, 0.717) is 35.4 Å². The van der Waals surface area contributed by atoms with E-state index in [1.807, 2.05) is 24.8 Å². The van der Waals surface area contributed by atoms with Gasteiger partial charge in [0.15, 0.2) is 5.58 Å². The van der Waals surface area contributed by atoms with E-state index in [1.165, 1.54) is 12.1 Å². The zero-order valence-corrected chi connectivity index (χ0v) is 17.7. The Morgan fingerprint density at radius 1 is 1.12 bits per heavy atom. The van der Waals surface area contributed by atoms with E-state index in [4.69, 9.17) is 9.26 Å². The summed E-state index contributed by atoms with van der Waals surface area (Å²) in [6, 6.07) is 11.0. The smallest absolute Gasteiger partial charge is 0.475 e. The number of hydrogen-bond acceptors (Lipinski definition) is 5. The maximum absolute atomic E-state index is 12.4. The predicted octanol–water partition coefficient (Wildman–Crippen LogP) is 5.42. The Kier molecular flexibility index (Phi) is 5.99. The summed E-state index contributed by atoms with van der Waals surface area (Å²) in [6.45, 7) is 5.17. The normalized spacial score (nSPS) is 16.4. The minimum atomic E-state index is -4.73. The van der Waals surface area contributed by atoms with Crippen LogP contribution >= 0.6 is 0 Å². The zero-order valence-electron chi connectivity index (χ0n) is 17.7. The Balaban J connectivity index is 1.47. The van der Waals surface area contributed by atoms with Gasteiger partial charge in [-0.3, -0.25) is 4.79 Å². The topological polar surface area (TPSA) is 64.8 Å². The van der Waals surface area contributed by atoms with Crippen LogP contribution in [0.5, 0.6) is 11.6 Å². The molecule has 0 aliphatic carbocycles. The average Bonchev–Trinajstić information content (AvgIpc) is 3.36. The first-order valence-corrected chi connectivity index (χ1v) is 10.4. The van der Waals surface area contributed by atoms with Gasteiger partial charge in [0.1, 0.15) is 5.75 Å². The third kappa shape index (κ3) is 4.81. The van der Waals surface area contributed by atoms with Crippen molar-refractivity contribution in [1.82, 2.24) is 10.1 Å². The van der Waals surface area contributed by atoms with Gasteiger partial charge in [0, 0.05) is 24.9 Å². The third-order valence-corrected chi connectivity index (χ3v) is 5.77. The number of hydrogen-bond donors (Lipinski definition) is 0. The summed E-state index contributed by atoms with van der Waals surface area (Å²) < 4.78 is 52.3. The molecule has 6 nitrogen and oxygen atoms in total. The monoisotopic (exact) mass is 448 g/mol. The molecule has 1 aliphatic rings. The number of carbonyl (C=O) groups is 1. The van der Waals surface area contributed by atoms with Gasteiger partial charge in [-0.05, 0) is 53.9 Å². The first kappa shape index (κ1) is 22.0. The minimum Gasteiger partial charge on any atom is -0.475 e. The Labute approximate surface area is 182 Å². The molecule has 32 heavy (non-hydrogen) atoms. The van der Waals surface area contributed by atoms with Gasteiger partial charge in [-0.25, -0.2) is 0 Å². The van der Waals surface area contributed by atoms with Crippen molar-refractivity contribution in [2.24, 2.45) is 5.92 Å². The van der Waals surface area contributed by atoms with E-state index in [1.54, 1.807) is 24.3 Å². The van der Waals surface area contributed by atoms with Crippen LogP contribution in [0.1, 0.15) is 26.7 Å². The lowest BCUT2D eigenvalue weighted by Gasteiger charge is -2.29. The van der Waals surface area contributed by atoms with Gasteiger partial charge in [-0.15, -0.1) is 13.2 Å². The van der Waals surface area contributed by atoms with Crippen LogP contribution in [0.4, 0.5) is 13.2 Å². The first-order chi connectivity index (χ1) is 15.2. The number of halogens is 3. The standard InChI is InChI=1S/C23H23F3N2O4/c1-14(15(2)28-11-3-4-21(28)29)13-30-22-19-12-17(7-10-20(19)32-27-22)16-5-8-18(9-6-16)31-23(24,25)26/h5-10,12,14-15H,3-4,11,13H2,1-2H3/t14-,15?/m1/s1. The van der Waals surface area contributed by atoms with E-state index >= 15 is 0 Å². The molecule has 2 heterocycles. The average molecular weight is 448 g/mol. The van der Waals surface area contributed by atoms with Crippen LogP contribution in [0.25, 0.3) is 22.1 Å². The van der Waals surface area contributed by atoms with Crippen LogP contribution in [-0.2, 0) is 4.79 Å². The minimum absolute atomic E-state index is 0.0520. The molecule has 1 unspecified atom stereocenters. The third-order valence-electron chi connectivity index (χ3n) is 5.77. The fourth-order valence-electron chi connectivity index (χ4n) is 3.81. The molecule has 1 fully saturated rings. The van der Waals surface area contributed by atoms with E-state index in [0.717, 1.165) is 18.5 Å². The number of alkyl halides is 3. The van der Waals surface area contributed by atoms with Gasteiger partial charge in [-0.1, -0.05) is 25.1 Å². The highest BCUT2D eigenvalue weighted by molar-refractivity contribution is 5.87. The second kappa shape index (κ2) is 8.72. The predicted molar refractivity (Wildman–Crippen MR) is 111 cm³/mol. The summed E-state index contributed by atoms with van der Waals surface area (Å²) >= 11 is 0. The van der Waals surface area contributed by atoms with Crippen LogP contribution in [-0.4, -0.2) is 41.5 Å². The number of likely N-dealkylation sites (tertiary alicyclic amines) is 1. The van der Waals surface area contributed by atoms with E-state index in [2.05, 4.69) is 9.89 Å². The summed E-state index contributed by atoms with van der Waals surface area (Å²) in [5.41, 5.74) is 2.02. The molecule has 1 aromatic heterocycles. The number of fused-ring (bicyclic) bond motifs is 1. The number of amides is 1. The molecule has 3 aromatic rings. The van der Waals surface area contributed by atoms with Crippen molar-refractivity contribution < 1.29 is 32.0 Å². The van der Waals surface area contributed by atoms with Crippen LogP contribution in [0.3, 0.4) is 0 Å². The number of nitrogens with zero attached hydrogens (tertiary/aromatic N) is 2. The number of ether oxygens (including phenoxy) is 2. The summed E-state index contributed by atoms with van der Waals surface area (Å²) in [4.78, 5) is 13.9. The van der Waals surface area contributed by atoms with E-state index in [9.17, 15) is 18.0 Å². The van der Waals surface area contributed by atoms with Crippen molar-refractivity contribution in [2.45, 2.75) is 39.1 Å². The van der Waals surface area contributed by atoms with Gasteiger partial charge in [0.2, 0.25) is 5.91 Å². The Bertz CT molecular complexity index is 1090. The molecule has 0 bridgehead atoms. The molecule has 0 saturated carbocycles. The van der Waals surface area contributed by atoms with Crippen molar-refractivity contribution in [3.63, 3.8) is 0 Å².